The van der Waals surface area contributed by atoms with Crippen LogP contribution in [0.4, 0.5) is 0 Å². The van der Waals surface area contributed by atoms with E-state index in [1.165, 1.54) is 0 Å². The standard InChI is InChI=1S/C13H16IN3O3S/c1-3-4-11(18)16-17-13(21)15-12(19)8-5-6-10(20-2)9(14)7-8/h5-7H,3-4H2,1-2H3,(H,16,18)(H2,15,17,19,21). The molecule has 0 heterocycles. The first kappa shape index (κ1) is 17.6. The monoisotopic (exact) mass is 421 g/mol. The molecule has 8 heteroatoms. The van der Waals surface area contributed by atoms with Gasteiger partial charge >= 0.3 is 0 Å². The summed E-state index contributed by atoms with van der Waals surface area (Å²) in [5.74, 6) is 0.144. The minimum absolute atomic E-state index is 0.0373. The Morgan fingerprint density at radius 2 is 2.05 bits per heavy atom. The highest BCUT2D eigenvalue weighted by Crippen LogP contribution is 2.21. The SMILES string of the molecule is CCCC(=O)NNC(=S)NC(=O)c1ccc(OC)c(I)c1. The number of amides is 2. The maximum Gasteiger partial charge on any atom is 0.257 e. The zero-order valence-corrected chi connectivity index (χ0v) is 14.6. The van der Waals surface area contributed by atoms with Crippen LogP contribution in [0.2, 0.25) is 0 Å². The van der Waals surface area contributed by atoms with Crippen LogP contribution in [-0.4, -0.2) is 24.0 Å². The van der Waals surface area contributed by atoms with Gasteiger partial charge in [-0.05, 0) is 59.4 Å². The Kier molecular flexibility index (Phi) is 7.37. The van der Waals surface area contributed by atoms with Crippen molar-refractivity contribution in [3.8, 4) is 5.75 Å². The Labute approximate surface area is 142 Å². The number of hydrogen-bond donors (Lipinski definition) is 3. The number of carbonyl (C=O) groups excluding carboxylic acids is 2. The van der Waals surface area contributed by atoms with E-state index in [4.69, 9.17) is 17.0 Å². The molecule has 2 amide bonds. The molecular weight excluding hydrogens is 405 g/mol. The fourth-order valence-corrected chi connectivity index (χ4v) is 2.31. The zero-order valence-electron chi connectivity index (χ0n) is 11.7. The van der Waals surface area contributed by atoms with Crippen LogP contribution in [0.25, 0.3) is 0 Å². The Morgan fingerprint density at radius 3 is 2.62 bits per heavy atom. The van der Waals surface area contributed by atoms with Crippen LogP contribution in [0.1, 0.15) is 30.1 Å². The smallest absolute Gasteiger partial charge is 0.257 e. The Hall–Kier alpha value is -1.42. The number of hydrazine groups is 1. The lowest BCUT2D eigenvalue weighted by atomic mass is 10.2. The lowest BCUT2D eigenvalue weighted by molar-refractivity contribution is -0.121. The van der Waals surface area contributed by atoms with Crippen LogP contribution in [0, 0.1) is 3.57 Å². The van der Waals surface area contributed by atoms with Crippen molar-refractivity contribution in [2.24, 2.45) is 0 Å². The summed E-state index contributed by atoms with van der Waals surface area (Å²) in [7, 11) is 1.56. The number of thiocarbonyl (C=S) groups is 1. The van der Waals surface area contributed by atoms with E-state index in [1.54, 1.807) is 25.3 Å². The number of rotatable bonds is 4. The molecular formula is C13H16IN3O3S. The van der Waals surface area contributed by atoms with Gasteiger partial charge in [-0.2, -0.15) is 0 Å². The summed E-state index contributed by atoms with van der Waals surface area (Å²) in [6.45, 7) is 1.89. The first-order valence-corrected chi connectivity index (χ1v) is 7.70. The Morgan fingerprint density at radius 1 is 1.33 bits per heavy atom. The van der Waals surface area contributed by atoms with E-state index in [9.17, 15) is 9.59 Å². The van der Waals surface area contributed by atoms with Crippen molar-refractivity contribution in [3.05, 3.63) is 27.3 Å². The van der Waals surface area contributed by atoms with Gasteiger partial charge < -0.3 is 4.74 Å². The van der Waals surface area contributed by atoms with Crippen molar-refractivity contribution in [1.82, 2.24) is 16.2 Å². The fourth-order valence-electron chi connectivity index (χ4n) is 1.43. The zero-order chi connectivity index (χ0) is 15.8. The molecule has 0 radical (unpaired) electrons. The summed E-state index contributed by atoms with van der Waals surface area (Å²) in [6.07, 6.45) is 1.12. The summed E-state index contributed by atoms with van der Waals surface area (Å²) in [4.78, 5) is 23.2. The highest BCUT2D eigenvalue weighted by atomic mass is 127. The Bertz CT molecular complexity index is 551. The van der Waals surface area contributed by atoms with Gasteiger partial charge in [-0.1, -0.05) is 6.92 Å². The second-order valence-electron chi connectivity index (χ2n) is 4.06. The third-order valence-corrected chi connectivity index (χ3v) is 3.48. The molecule has 0 aliphatic carbocycles. The number of halogens is 1. The highest BCUT2D eigenvalue weighted by molar-refractivity contribution is 14.1. The molecule has 1 rings (SSSR count). The number of methoxy groups -OCH3 is 1. The van der Waals surface area contributed by atoms with Gasteiger partial charge in [-0.15, -0.1) is 0 Å². The van der Waals surface area contributed by atoms with Gasteiger partial charge in [-0.25, -0.2) is 0 Å². The molecule has 114 valence electrons. The van der Waals surface area contributed by atoms with Gasteiger partial charge in [-0.3, -0.25) is 25.8 Å². The predicted molar refractivity (Wildman–Crippen MR) is 92.0 cm³/mol. The molecule has 0 atom stereocenters. The number of ether oxygens (including phenoxy) is 1. The summed E-state index contributed by atoms with van der Waals surface area (Å²) >= 11 is 7.01. The van der Waals surface area contributed by atoms with Crippen LogP contribution in [0.15, 0.2) is 18.2 Å². The second-order valence-corrected chi connectivity index (χ2v) is 5.63. The highest BCUT2D eigenvalue weighted by Gasteiger charge is 2.10. The van der Waals surface area contributed by atoms with E-state index in [1.807, 2.05) is 6.92 Å². The van der Waals surface area contributed by atoms with E-state index >= 15 is 0 Å². The van der Waals surface area contributed by atoms with E-state index < -0.39 is 0 Å². The Balaban J connectivity index is 2.54. The van der Waals surface area contributed by atoms with Gasteiger partial charge in [0.25, 0.3) is 5.91 Å². The van der Waals surface area contributed by atoms with Crippen molar-refractivity contribution < 1.29 is 14.3 Å². The molecule has 0 aliphatic rings. The topological polar surface area (TPSA) is 79.5 Å². The predicted octanol–water partition coefficient (Wildman–Crippen LogP) is 1.74. The molecule has 3 N–H and O–H groups in total. The van der Waals surface area contributed by atoms with E-state index in [0.717, 1.165) is 9.99 Å². The average Bonchev–Trinajstić information content (AvgIpc) is 2.45. The molecule has 0 unspecified atom stereocenters. The molecule has 0 spiro atoms. The minimum atomic E-state index is -0.363. The molecule has 6 nitrogen and oxygen atoms in total. The van der Waals surface area contributed by atoms with Crippen LogP contribution in [-0.2, 0) is 4.79 Å². The number of nitrogens with one attached hydrogen (secondary N) is 3. The molecule has 1 aromatic rings. The molecule has 0 bridgehead atoms. The molecule has 1 aromatic carbocycles. The summed E-state index contributed by atoms with van der Waals surface area (Å²) in [6, 6.07) is 5.03. The maximum atomic E-state index is 12.0. The van der Waals surface area contributed by atoms with E-state index in [2.05, 4.69) is 38.8 Å². The van der Waals surface area contributed by atoms with E-state index in [-0.39, 0.29) is 16.9 Å². The first-order chi connectivity index (χ1) is 9.97. The van der Waals surface area contributed by atoms with Crippen LogP contribution >= 0.6 is 34.8 Å². The summed E-state index contributed by atoms with van der Waals surface area (Å²) in [5, 5.41) is 2.52. The van der Waals surface area contributed by atoms with Gasteiger partial charge in [0, 0.05) is 12.0 Å². The van der Waals surface area contributed by atoms with Crippen molar-refractivity contribution in [1.29, 1.82) is 0 Å². The lowest BCUT2D eigenvalue weighted by Gasteiger charge is -2.11. The molecule has 21 heavy (non-hydrogen) atoms. The molecule has 0 aliphatic heterocycles. The van der Waals surface area contributed by atoms with Crippen LogP contribution in [0.3, 0.4) is 0 Å². The third kappa shape index (κ3) is 5.84. The van der Waals surface area contributed by atoms with Crippen molar-refractivity contribution in [2.75, 3.05) is 7.11 Å². The van der Waals surface area contributed by atoms with E-state index in [0.29, 0.717) is 17.7 Å². The first-order valence-electron chi connectivity index (χ1n) is 6.21. The van der Waals surface area contributed by atoms with Gasteiger partial charge in [0.05, 0.1) is 10.7 Å². The largest absolute Gasteiger partial charge is 0.496 e. The van der Waals surface area contributed by atoms with Crippen molar-refractivity contribution in [3.63, 3.8) is 0 Å². The molecule has 0 aromatic heterocycles. The normalized spacial score (nSPS) is 9.67. The number of hydrogen-bond acceptors (Lipinski definition) is 4. The van der Waals surface area contributed by atoms with Crippen molar-refractivity contribution >= 4 is 51.7 Å². The molecule has 0 saturated heterocycles. The minimum Gasteiger partial charge on any atom is -0.496 e. The van der Waals surface area contributed by atoms with Gasteiger partial charge in [0.1, 0.15) is 5.75 Å². The molecule has 0 fully saturated rings. The maximum absolute atomic E-state index is 12.0. The summed E-state index contributed by atoms with van der Waals surface area (Å²) < 4.78 is 5.94. The van der Waals surface area contributed by atoms with Gasteiger partial charge in [0.2, 0.25) is 5.91 Å². The lowest BCUT2D eigenvalue weighted by Crippen LogP contribution is -2.48. The quantitative estimate of drug-likeness (QED) is 0.392. The number of carbonyl (C=O) groups is 2. The summed E-state index contributed by atoms with van der Waals surface area (Å²) in [5.41, 5.74) is 5.33. The second kappa shape index (κ2) is 8.78. The van der Waals surface area contributed by atoms with Crippen LogP contribution in [0.5, 0.6) is 5.75 Å². The van der Waals surface area contributed by atoms with Gasteiger partial charge in [0.15, 0.2) is 5.11 Å². The number of benzene rings is 1. The molecule has 0 saturated carbocycles. The van der Waals surface area contributed by atoms with Crippen LogP contribution < -0.4 is 20.9 Å². The third-order valence-electron chi connectivity index (χ3n) is 2.43. The van der Waals surface area contributed by atoms with Crippen molar-refractivity contribution in [2.45, 2.75) is 19.8 Å². The fraction of sp³-hybridized carbons (Fsp3) is 0.308. The average molecular weight is 421 g/mol.